The van der Waals surface area contributed by atoms with Crippen LogP contribution < -0.4 is 52.9 Å². The van der Waals surface area contributed by atoms with E-state index in [9.17, 15) is 0 Å². The van der Waals surface area contributed by atoms with Crippen molar-refractivity contribution in [2.45, 2.75) is 59.3 Å². The molecule has 0 bridgehead atoms. The van der Waals surface area contributed by atoms with Crippen LogP contribution in [0.4, 0.5) is 17.1 Å². The van der Waals surface area contributed by atoms with Crippen LogP contribution in [-0.4, -0.2) is 19.2 Å². The van der Waals surface area contributed by atoms with Gasteiger partial charge in [-0.25, -0.2) is 0 Å². The second kappa shape index (κ2) is 17.3. The van der Waals surface area contributed by atoms with Gasteiger partial charge in [-0.2, -0.15) is 0 Å². The molecule has 6 heteroatoms. The molecule has 71 heavy (non-hydrogen) atoms. The summed E-state index contributed by atoms with van der Waals surface area (Å²) in [5.74, 6) is 0.740. The average molecular weight is 935 g/mol. The number of aromatic nitrogens is 1. The number of benzene rings is 9. The molecule has 12 rings (SSSR count). The number of hydrogen-bond donors (Lipinski definition) is 0. The van der Waals surface area contributed by atoms with Crippen molar-refractivity contribution in [3.8, 4) is 0 Å². The molecule has 0 unspecified atom stereocenters. The van der Waals surface area contributed by atoms with E-state index < -0.39 is 8.07 Å². The maximum atomic E-state index is 16.2. The third-order valence-corrected chi connectivity index (χ3v) is 20.2. The fraction of sp³-hybridized carbons (Fsp3) is 0.138. The fourth-order valence-corrected chi connectivity index (χ4v) is 17.0. The minimum Gasteiger partial charge on any atom is -0.311 e. The smallest absolute Gasteiger partial charge is 0.248 e. The molecule has 1 aliphatic rings. The third-order valence-electron chi connectivity index (χ3n) is 15.4. The molecule has 0 aliphatic carbocycles. The third kappa shape index (κ3) is 6.72. The molecular weight excluding hydrogens is 880 g/mol. The summed E-state index contributed by atoms with van der Waals surface area (Å²) in [5.41, 5.74) is 12.2. The lowest BCUT2D eigenvalue weighted by Crippen LogP contribution is -2.74. The molecule has 0 radical (unpaired) electrons. The first-order valence-electron chi connectivity index (χ1n) is 25.2. The largest absolute Gasteiger partial charge is 0.311 e. The van der Waals surface area contributed by atoms with Gasteiger partial charge in [-0.1, -0.05) is 205 Å². The number of hydrogen-bond acceptors (Lipinski definition) is 3. The molecule has 0 saturated heterocycles. The topological polar surface area (TPSA) is 41.8 Å². The van der Waals surface area contributed by atoms with Crippen LogP contribution in [0.1, 0.15) is 76.0 Å². The number of rotatable bonds is 9. The van der Waals surface area contributed by atoms with Crippen molar-refractivity contribution in [2.24, 2.45) is 0 Å². The molecule has 0 saturated carbocycles. The van der Waals surface area contributed by atoms with E-state index in [-0.39, 0.29) is 29.4 Å². The van der Waals surface area contributed by atoms with E-state index in [0.717, 1.165) is 44.2 Å². The van der Waals surface area contributed by atoms with Gasteiger partial charge in [-0.3, -0.25) is 9.59 Å². The maximum absolute atomic E-state index is 16.2. The van der Waals surface area contributed by atoms with Crippen molar-refractivity contribution < 1.29 is 0 Å². The summed E-state index contributed by atoms with van der Waals surface area (Å²) in [6.07, 6.45) is 0. The Hall–Kier alpha value is -7.80. The number of para-hydroxylation sites is 3. The second-order valence-electron chi connectivity index (χ2n) is 20.4. The Kier molecular flexibility index (Phi) is 10.8. The van der Waals surface area contributed by atoms with Crippen LogP contribution in [0.15, 0.2) is 216 Å². The molecule has 1 aliphatic heterocycles. The number of fused-ring (bicyclic) bond motifs is 7. The molecule has 2 aromatic heterocycles. The molecule has 344 valence electrons. The molecule has 11 aromatic rings. The normalized spacial score (nSPS) is 12.8. The van der Waals surface area contributed by atoms with Gasteiger partial charge in [-0.15, -0.1) is 0 Å². The van der Waals surface area contributed by atoms with Gasteiger partial charge < -0.3 is 9.30 Å². The van der Waals surface area contributed by atoms with Crippen molar-refractivity contribution >= 4 is 107 Å². The predicted molar refractivity (Wildman–Crippen MR) is 305 cm³/mol. The molecule has 3 heterocycles. The zero-order valence-corrected chi connectivity index (χ0v) is 42.2. The highest BCUT2D eigenvalue weighted by Gasteiger charge is 2.44. The van der Waals surface area contributed by atoms with Crippen molar-refractivity contribution in [3.05, 3.63) is 243 Å². The monoisotopic (exact) mass is 934 g/mol. The van der Waals surface area contributed by atoms with Gasteiger partial charge in [0, 0.05) is 38.6 Å². The average Bonchev–Trinajstić information content (AvgIpc) is 3.40. The van der Waals surface area contributed by atoms with Crippen molar-refractivity contribution in [1.29, 1.82) is 0 Å². The van der Waals surface area contributed by atoms with E-state index in [1.165, 1.54) is 37.7 Å². The van der Waals surface area contributed by atoms with E-state index >= 15 is 9.59 Å². The Bertz CT molecular complexity index is 3840. The predicted octanol–water partition coefficient (Wildman–Crippen LogP) is 10.6. The van der Waals surface area contributed by atoms with Crippen molar-refractivity contribution in [2.75, 3.05) is 4.90 Å². The summed E-state index contributed by atoms with van der Waals surface area (Å²) in [5, 5.41) is 7.18. The van der Waals surface area contributed by atoms with E-state index in [1.54, 1.807) is 0 Å². The van der Waals surface area contributed by atoms with Gasteiger partial charge in [0.1, 0.15) is 0 Å². The fourth-order valence-electron chi connectivity index (χ4n) is 12.2. The Morgan fingerprint density at radius 2 is 0.944 bits per heavy atom. The van der Waals surface area contributed by atoms with Crippen LogP contribution in [0.25, 0.3) is 38.1 Å². The van der Waals surface area contributed by atoms with Gasteiger partial charge in [-0.05, 0) is 115 Å². The lowest BCUT2D eigenvalue weighted by Gasteiger charge is -2.39. The SMILES string of the molecule is CC(C)c1cc(C(C)C)c(B2c3ccccc3N(c3ccccc3)c3cc4c(=O)c5cc([Si](c6ccccc6)(c6ccccc6)c6ccccc6)ccc5n5c6ccccc6c(=O)c(c32)c45)c(C(C)C)c1. The molecule has 9 aromatic carbocycles. The van der Waals surface area contributed by atoms with Gasteiger partial charge >= 0.3 is 0 Å². The number of pyridine rings is 2. The highest BCUT2D eigenvalue weighted by Crippen LogP contribution is 2.40. The Morgan fingerprint density at radius 1 is 0.423 bits per heavy atom. The highest BCUT2D eigenvalue weighted by molar-refractivity contribution is 7.20. The van der Waals surface area contributed by atoms with Gasteiger partial charge in [0.05, 0.1) is 16.6 Å². The Balaban J connectivity index is 1.28. The summed E-state index contributed by atoms with van der Waals surface area (Å²) in [4.78, 5) is 34.6. The second-order valence-corrected chi connectivity index (χ2v) is 24.2. The zero-order valence-electron chi connectivity index (χ0n) is 41.2. The molecule has 4 nitrogen and oxygen atoms in total. The van der Waals surface area contributed by atoms with Crippen LogP contribution in [-0.2, 0) is 0 Å². The summed E-state index contributed by atoms with van der Waals surface area (Å²) < 4.78 is 2.25. The van der Waals surface area contributed by atoms with Gasteiger partial charge in [0.25, 0.3) is 0 Å². The standard InChI is InChI=1S/C65H55BN2O2Si/c1-41(2)44-37-51(42(3)4)61(52(38-44)43(5)6)66-55-32-20-22-34-58(55)67(45-23-11-7-12-24-45)59-40-54-63-60(62(59)66)65(70)50-31-19-21-33-56(50)68(63)57-36-35-49(39-53(57)64(54)69)71(46-25-13-8-14-26-46,47-27-15-9-16-28-47)48-29-17-10-18-30-48/h7-43H,1-6H3. The Labute approximate surface area is 417 Å². The summed E-state index contributed by atoms with van der Waals surface area (Å²) >= 11 is 0. The van der Waals surface area contributed by atoms with E-state index in [4.69, 9.17) is 0 Å². The molecule has 0 amide bonds. The summed E-state index contributed by atoms with van der Waals surface area (Å²) in [6, 6.07) is 73.4. The van der Waals surface area contributed by atoms with Gasteiger partial charge in [0.15, 0.2) is 18.9 Å². The first-order valence-corrected chi connectivity index (χ1v) is 27.2. The lowest BCUT2D eigenvalue weighted by molar-refractivity contribution is 0.812. The van der Waals surface area contributed by atoms with E-state index in [2.05, 4.69) is 227 Å². The zero-order chi connectivity index (χ0) is 48.7. The Morgan fingerprint density at radius 3 is 1.52 bits per heavy atom. The molecular formula is C65H55BN2O2Si. The van der Waals surface area contributed by atoms with Crippen LogP contribution in [0.2, 0.25) is 0 Å². The first-order chi connectivity index (χ1) is 34.6. The number of nitrogens with zero attached hydrogens (tertiary/aromatic N) is 2. The molecule has 0 fully saturated rings. The molecule has 0 atom stereocenters. The number of anilines is 3. The lowest BCUT2D eigenvalue weighted by atomic mass is 9.32. The quantitative estimate of drug-likeness (QED) is 0.0627. The van der Waals surface area contributed by atoms with Crippen LogP contribution in [0.3, 0.4) is 0 Å². The van der Waals surface area contributed by atoms with E-state index in [0.29, 0.717) is 33.0 Å². The van der Waals surface area contributed by atoms with Crippen LogP contribution in [0.5, 0.6) is 0 Å². The molecule has 0 N–H and O–H groups in total. The van der Waals surface area contributed by atoms with Crippen LogP contribution in [0, 0.1) is 0 Å². The van der Waals surface area contributed by atoms with E-state index in [1.807, 2.05) is 30.3 Å². The summed E-state index contributed by atoms with van der Waals surface area (Å²) in [7, 11) is -3.03. The summed E-state index contributed by atoms with van der Waals surface area (Å²) in [6.45, 7) is 13.4. The first kappa shape index (κ1) is 44.4. The minimum atomic E-state index is -3.03. The maximum Gasteiger partial charge on any atom is 0.248 e. The minimum absolute atomic E-state index is 0.0603. The highest BCUT2D eigenvalue weighted by atomic mass is 28.3. The van der Waals surface area contributed by atoms with Gasteiger partial charge in [0.2, 0.25) is 6.71 Å². The van der Waals surface area contributed by atoms with Crippen molar-refractivity contribution in [3.63, 3.8) is 0 Å². The molecule has 0 spiro atoms. The van der Waals surface area contributed by atoms with Crippen molar-refractivity contribution in [1.82, 2.24) is 4.40 Å². The van der Waals surface area contributed by atoms with Crippen LogP contribution >= 0.6 is 0 Å².